The zero-order valence-corrected chi connectivity index (χ0v) is 15.6. The van der Waals surface area contributed by atoms with E-state index in [1.807, 2.05) is 12.1 Å². The third-order valence-corrected chi connectivity index (χ3v) is 3.54. The molecular formula is C20H19LiN2O5. The number of hydrogen-bond acceptors (Lipinski definition) is 5. The zero-order chi connectivity index (χ0) is 19.6. The van der Waals surface area contributed by atoms with Crippen molar-refractivity contribution < 1.29 is 43.5 Å². The van der Waals surface area contributed by atoms with Crippen LogP contribution in [-0.2, 0) is 4.79 Å². The molecular weight excluding hydrogens is 355 g/mol. The van der Waals surface area contributed by atoms with Crippen molar-refractivity contribution in [3.8, 4) is 17.6 Å². The molecule has 0 aliphatic rings. The Bertz CT molecular complexity index is 829. The first-order valence-corrected chi connectivity index (χ1v) is 8.12. The summed E-state index contributed by atoms with van der Waals surface area (Å²) in [6.45, 7) is 1.51. The standard InChI is InChI=1S/C20H19N2O5.Li/c1-14(23)18(20(25)22-26)21-19(24)16-9-11-17(12-10-16)27-13-5-8-15-6-3-2-4-7-15;/h3-4,6-7,9-12,14,18,23,26H,13H2,1H3,(H,21,24)(H,22,25);/q-1;+1/t14-,18+;/m1./s1. The van der Waals surface area contributed by atoms with E-state index in [1.54, 1.807) is 24.3 Å². The number of amides is 2. The van der Waals surface area contributed by atoms with E-state index in [-0.39, 0.29) is 31.0 Å². The number of carbonyl (C=O) groups is 2. The molecule has 0 fully saturated rings. The largest absolute Gasteiger partial charge is 1.00 e. The van der Waals surface area contributed by atoms with Gasteiger partial charge >= 0.3 is 18.9 Å². The third-order valence-electron chi connectivity index (χ3n) is 3.54. The van der Waals surface area contributed by atoms with Gasteiger partial charge in [-0.1, -0.05) is 17.4 Å². The zero-order valence-electron chi connectivity index (χ0n) is 15.6. The molecule has 2 aromatic rings. The van der Waals surface area contributed by atoms with Gasteiger partial charge in [0.1, 0.15) is 18.4 Å². The van der Waals surface area contributed by atoms with Crippen LogP contribution in [0.15, 0.2) is 48.5 Å². The number of ether oxygens (including phenoxy) is 1. The molecule has 2 rings (SSSR count). The van der Waals surface area contributed by atoms with Gasteiger partial charge in [0.2, 0.25) is 0 Å². The summed E-state index contributed by atoms with van der Waals surface area (Å²) >= 11 is 0. The molecule has 0 aliphatic carbocycles. The molecule has 4 N–H and O–H groups in total. The molecule has 0 heterocycles. The number of benzene rings is 2. The van der Waals surface area contributed by atoms with Gasteiger partial charge in [-0.3, -0.25) is 14.8 Å². The Morgan fingerprint density at radius 1 is 1.18 bits per heavy atom. The second-order valence-corrected chi connectivity index (χ2v) is 5.57. The van der Waals surface area contributed by atoms with Gasteiger partial charge < -0.3 is 15.2 Å². The molecule has 2 atom stereocenters. The molecule has 0 radical (unpaired) electrons. The van der Waals surface area contributed by atoms with Crippen LogP contribution in [0, 0.1) is 17.9 Å². The molecule has 0 spiro atoms. The number of aliphatic hydroxyl groups excluding tert-OH is 1. The fraction of sp³-hybridized carbons (Fsp3) is 0.200. The fourth-order valence-electron chi connectivity index (χ4n) is 2.13. The van der Waals surface area contributed by atoms with Crippen molar-refractivity contribution in [2.75, 3.05) is 6.61 Å². The van der Waals surface area contributed by atoms with Crippen molar-refractivity contribution in [2.45, 2.75) is 19.1 Å². The minimum atomic E-state index is -1.27. The molecule has 28 heavy (non-hydrogen) atoms. The van der Waals surface area contributed by atoms with Crippen LogP contribution in [0.4, 0.5) is 0 Å². The number of hydroxylamine groups is 1. The first kappa shape index (κ1) is 23.3. The fourth-order valence-corrected chi connectivity index (χ4v) is 2.13. The van der Waals surface area contributed by atoms with E-state index in [0.29, 0.717) is 5.75 Å². The van der Waals surface area contributed by atoms with Gasteiger partial charge in [-0.2, -0.15) is 30.3 Å². The SMILES string of the molecule is C[C@@H](O)[C@H](NC(=O)c1ccc(OCC#Cc2cc[c-]cc2)cc1)C(=O)NO.[Li+]. The topological polar surface area (TPSA) is 108 Å². The molecule has 0 bridgehead atoms. The van der Waals surface area contributed by atoms with Crippen LogP contribution >= 0.6 is 0 Å². The number of nitrogens with one attached hydrogen (secondary N) is 2. The molecule has 0 saturated carbocycles. The van der Waals surface area contributed by atoms with Crippen molar-refractivity contribution in [3.05, 3.63) is 65.7 Å². The van der Waals surface area contributed by atoms with E-state index in [0.717, 1.165) is 5.56 Å². The molecule has 0 saturated heterocycles. The summed E-state index contributed by atoms with van der Waals surface area (Å²) in [5.74, 6) is 4.88. The average Bonchev–Trinajstić information content (AvgIpc) is 2.69. The molecule has 8 heteroatoms. The summed E-state index contributed by atoms with van der Waals surface area (Å²) in [5.41, 5.74) is 2.54. The van der Waals surface area contributed by atoms with Crippen molar-refractivity contribution >= 4 is 11.8 Å². The van der Waals surface area contributed by atoms with E-state index < -0.39 is 24.0 Å². The summed E-state index contributed by atoms with van der Waals surface area (Å²) in [4.78, 5) is 23.6. The van der Waals surface area contributed by atoms with Gasteiger partial charge in [-0.25, -0.2) is 5.48 Å². The van der Waals surface area contributed by atoms with Gasteiger partial charge in [0.25, 0.3) is 11.8 Å². The predicted octanol–water partition coefficient (Wildman–Crippen LogP) is -2.09. The van der Waals surface area contributed by atoms with Crippen molar-refractivity contribution in [3.63, 3.8) is 0 Å². The third kappa shape index (κ3) is 7.11. The van der Waals surface area contributed by atoms with Crippen LogP contribution < -0.4 is 34.4 Å². The normalized spacial score (nSPS) is 11.7. The Labute approximate surface area is 175 Å². The summed E-state index contributed by atoms with van der Waals surface area (Å²) in [7, 11) is 0. The van der Waals surface area contributed by atoms with Crippen LogP contribution in [0.25, 0.3) is 0 Å². The Morgan fingerprint density at radius 2 is 1.82 bits per heavy atom. The second kappa shape index (κ2) is 11.9. The van der Waals surface area contributed by atoms with E-state index in [9.17, 15) is 14.7 Å². The average molecular weight is 374 g/mol. The minimum absolute atomic E-state index is 0. The summed E-state index contributed by atoms with van der Waals surface area (Å²) < 4.78 is 5.49. The van der Waals surface area contributed by atoms with E-state index in [1.165, 1.54) is 24.5 Å². The van der Waals surface area contributed by atoms with E-state index >= 15 is 0 Å². The van der Waals surface area contributed by atoms with Gasteiger partial charge in [-0.15, -0.1) is 0 Å². The first-order valence-electron chi connectivity index (χ1n) is 8.12. The second-order valence-electron chi connectivity index (χ2n) is 5.57. The number of aliphatic hydroxyl groups is 1. The quantitative estimate of drug-likeness (QED) is 0.152. The molecule has 2 aromatic carbocycles. The monoisotopic (exact) mass is 374 g/mol. The number of rotatable bonds is 6. The van der Waals surface area contributed by atoms with Crippen LogP contribution in [0.3, 0.4) is 0 Å². The van der Waals surface area contributed by atoms with Crippen LogP contribution in [-0.4, -0.2) is 40.9 Å². The number of carbonyl (C=O) groups excluding carboxylic acids is 2. The maximum atomic E-state index is 12.2. The van der Waals surface area contributed by atoms with Crippen LogP contribution in [0.1, 0.15) is 22.8 Å². The van der Waals surface area contributed by atoms with E-state index in [4.69, 9.17) is 9.94 Å². The molecule has 140 valence electrons. The van der Waals surface area contributed by atoms with Crippen LogP contribution in [0.2, 0.25) is 0 Å². The van der Waals surface area contributed by atoms with Crippen LogP contribution in [0.5, 0.6) is 5.75 Å². The summed E-state index contributed by atoms with van der Waals surface area (Å²) in [5, 5.41) is 20.5. The van der Waals surface area contributed by atoms with Crippen molar-refractivity contribution in [1.82, 2.24) is 10.8 Å². The smallest absolute Gasteiger partial charge is 0.481 e. The molecule has 0 unspecified atom stereocenters. The molecule has 0 aromatic heterocycles. The first-order chi connectivity index (χ1) is 13.0. The van der Waals surface area contributed by atoms with Gasteiger partial charge in [-0.05, 0) is 31.2 Å². The maximum Gasteiger partial charge on any atom is 1.00 e. The number of hydrogen-bond donors (Lipinski definition) is 4. The minimum Gasteiger partial charge on any atom is -0.481 e. The van der Waals surface area contributed by atoms with Gasteiger partial charge in [0.05, 0.1) is 6.10 Å². The predicted molar refractivity (Wildman–Crippen MR) is 97.0 cm³/mol. The summed E-state index contributed by atoms with van der Waals surface area (Å²) in [6.07, 6.45) is -1.18. The Hall–Kier alpha value is -2.74. The molecule has 7 nitrogen and oxygen atoms in total. The van der Waals surface area contributed by atoms with E-state index in [2.05, 4.69) is 23.2 Å². The van der Waals surface area contributed by atoms with Gasteiger partial charge in [0, 0.05) is 5.56 Å². The Balaban J connectivity index is 0.00000392. The molecule has 0 aliphatic heterocycles. The maximum absolute atomic E-state index is 12.2. The summed E-state index contributed by atoms with van der Waals surface area (Å²) in [6, 6.07) is 15.1. The van der Waals surface area contributed by atoms with Crippen molar-refractivity contribution in [1.29, 1.82) is 0 Å². The Morgan fingerprint density at radius 3 is 2.39 bits per heavy atom. The molecule has 2 amide bonds. The van der Waals surface area contributed by atoms with Gasteiger partial charge in [0.15, 0.2) is 0 Å². The Kier molecular flexibility index (Phi) is 9.87. The van der Waals surface area contributed by atoms with Crippen molar-refractivity contribution in [2.24, 2.45) is 0 Å².